The molecule has 0 heterocycles. The molecule has 98 valence electrons. The molecule has 2 rings (SSSR count). The summed E-state index contributed by atoms with van der Waals surface area (Å²) in [5, 5.41) is 12.4. The van der Waals surface area contributed by atoms with Gasteiger partial charge >= 0.3 is 0 Å². The Labute approximate surface area is 113 Å². The van der Waals surface area contributed by atoms with Crippen molar-refractivity contribution in [3.8, 4) is 5.75 Å². The number of nitrogen functional groups attached to an aromatic ring is 1. The van der Waals surface area contributed by atoms with Crippen molar-refractivity contribution < 1.29 is 14.3 Å². The van der Waals surface area contributed by atoms with E-state index in [1.54, 1.807) is 0 Å². The third kappa shape index (κ3) is 2.95. The summed E-state index contributed by atoms with van der Waals surface area (Å²) >= 11 is 5.75. The monoisotopic (exact) mass is 280 g/mol. The molecule has 0 aliphatic heterocycles. The highest BCUT2D eigenvalue weighted by molar-refractivity contribution is 6.31. The largest absolute Gasteiger partial charge is 0.507 e. The van der Waals surface area contributed by atoms with Crippen LogP contribution in [0.4, 0.5) is 15.8 Å². The van der Waals surface area contributed by atoms with E-state index in [1.807, 2.05) is 0 Å². The van der Waals surface area contributed by atoms with E-state index in [-0.39, 0.29) is 17.0 Å². The molecule has 2 aromatic carbocycles. The normalized spacial score (nSPS) is 10.2. The summed E-state index contributed by atoms with van der Waals surface area (Å²) in [6.45, 7) is 0. The SMILES string of the molecule is Nc1cc(NC(=O)c2cc(Cl)ccc2O)ccc1F. The second-order valence-electron chi connectivity index (χ2n) is 3.85. The number of nitrogens with one attached hydrogen (secondary N) is 1. The first kappa shape index (κ1) is 13.2. The zero-order valence-corrected chi connectivity index (χ0v) is 10.4. The van der Waals surface area contributed by atoms with Gasteiger partial charge in [0.1, 0.15) is 11.6 Å². The van der Waals surface area contributed by atoms with Crippen LogP contribution in [0.15, 0.2) is 36.4 Å². The van der Waals surface area contributed by atoms with Gasteiger partial charge in [-0.3, -0.25) is 4.79 Å². The molecule has 0 bridgehead atoms. The van der Waals surface area contributed by atoms with E-state index in [1.165, 1.54) is 30.3 Å². The van der Waals surface area contributed by atoms with Gasteiger partial charge in [-0.25, -0.2) is 4.39 Å². The second-order valence-corrected chi connectivity index (χ2v) is 4.29. The number of halogens is 2. The molecule has 0 aromatic heterocycles. The fourth-order valence-corrected chi connectivity index (χ4v) is 1.68. The lowest BCUT2D eigenvalue weighted by Crippen LogP contribution is -2.12. The Kier molecular flexibility index (Phi) is 3.57. The Morgan fingerprint density at radius 2 is 2.00 bits per heavy atom. The predicted molar refractivity (Wildman–Crippen MR) is 71.9 cm³/mol. The molecular weight excluding hydrogens is 271 g/mol. The number of phenolic OH excluding ortho intramolecular Hbond substituents is 1. The minimum atomic E-state index is -0.566. The highest BCUT2D eigenvalue weighted by atomic mass is 35.5. The van der Waals surface area contributed by atoms with Gasteiger partial charge in [-0.15, -0.1) is 0 Å². The summed E-state index contributed by atoms with van der Waals surface area (Å²) in [5.41, 5.74) is 5.66. The van der Waals surface area contributed by atoms with Gasteiger partial charge in [0.05, 0.1) is 11.3 Å². The number of carbonyl (C=O) groups is 1. The van der Waals surface area contributed by atoms with Gasteiger partial charge in [0.2, 0.25) is 0 Å². The van der Waals surface area contributed by atoms with Crippen molar-refractivity contribution in [3.05, 3.63) is 52.8 Å². The smallest absolute Gasteiger partial charge is 0.259 e. The number of nitrogens with two attached hydrogens (primary N) is 1. The van der Waals surface area contributed by atoms with Gasteiger partial charge in [0.15, 0.2) is 0 Å². The van der Waals surface area contributed by atoms with E-state index in [0.717, 1.165) is 6.07 Å². The Morgan fingerprint density at radius 3 is 2.68 bits per heavy atom. The van der Waals surface area contributed by atoms with Crippen molar-refractivity contribution in [2.24, 2.45) is 0 Å². The highest BCUT2D eigenvalue weighted by Gasteiger charge is 2.12. The first-order chi connectivity index (χ1) is 8.97. The number of rotatable bonds is 2. The zero-order chi connectivity index (χ0) is 14.0. The number of hydrogen-bond acceptors (Lipinski definition) is 3. The van der Waals surface area contributed by atoms with Crippen molar-refractivity contribution in [3.63, 3.8) is 0 Å². The minimum Gasteiger partial charge on any atom is -0.507 e. The summed E-state index contributed by atoms with van der Waals surface area (Å²) in [6.07, 6.45) is 0. The molecule has 0 fully saturated rings. The maximum absolute atomic E-state index is 13.0. The van der Waals surface area contributed by atoms with Gasteiger partial charge in [-0.1, -0.05) is 11.6 Å². The lowest BCUT2D eigenvalue weighted by molar-refractivity contribution is 0.102. The van der Waals surface area contributed by atoms with Crippen LogP contribution >= 0.6 is 11.6 Å². The second kappa shape index (κ2) is 5.16. The van der Waals surface area contributed by atoms with Crippen LogP contribution in [0, 0.1) is 5.82 Å². The van der Waals surface area contributed by atoms with E-state index < -0.39 is 11.7 Å². The van der Waals surface area contributed by atoms with Crippen molar-refractivity contribution in [2.75, 3.05) is 11.1 Å². The molecule has 0 saturated carbocycles. The summed E-state index contributed by atoms with van der Waals surface area (Å²) in [4.78, 5) is 11.9. The molecule has 0 unspecified atom stereocenters. The molecular formula is C13H10ClFN2O2. The average molecular weight is 281 g/mol. The molecule has 4 nitrogen and oxygen atoms in total. The summed E-state index contributed by atoms with van der Waals surface area (Å²) in [5.74, 6) is -1.33. The molecule has 0 aliphatic carbocycles. The van der Waals surface area contributed by atoms with Gasteiger partial charge < -0.3 is 16.2 Å². The number of phenols is 1. The number of anilines is 2. The van der Waals surface area contributed by atoms with E-state index in [2.05, 4.69) is 5.32 Å². The number of amides is 1. The van der Waals surface area contributed by atoms with Gasteiger partial charge in [0.25, 0.3) is 5.91 Å². The van der Waals surface area contributed by atoms with E-state index in [4.69, 9.17) is 17.3 Å². The molecule has 0 aliphatic rings. The quantitative estimate of drug-likeness (QED) is 0.740. The fourth-order valence-electron chi connectivity index (χ4n) is 1.51. The van der Waals surface area contributed by atoms with Gasteiger partial charge in [-0.2, -0.15) is 0 Å². The lowest BCUT2D eigenvalue weighted by Gasteiger charge is -2.08. The standard InChI is InChI=1S/C13H10ClFN2O2/c14-7-1-4-12(18)9(5-7)13(19)17-8-2-3-10(15)11(16)6-8/h1-6,18H,16H2,(H,17,19). The van der Waals surface area contributed by atoms with Crippen LogP contribution in [0.3, 0.4) is 0 Å². The average Bonchev–Trinajstić information content (AvgIpc) is 2.36. The fraction of sp³-hybridized carbons (Fsp3) is 0. The maximum Gasteiger partial charge on any atom is 0.259 e. The third-order valence-corrected chi connectivity index (χ3v) is 2.69. The topological polar surface area (TPSA) is 75.3 Å². The van der Waals surface area contributed by atoms with Gasteiger partial charge in [0, 0.05) is 10.7 Å². The Hall–Kier alpha value is -2.27. The van der Waals surface area contributed by atoms with Crippen LogP contribution in [0.2, 0.25) is 5.02 Å². The van der Waals surface area contributed by atoms with E-state index in [9.17, 15) is 14.3 Å². The Bertz CT molecular complexity index is 647. The molecule has 0 saturated heterocycles. The van der Waals surface area contributed by atoms with E-state index in [0.29, 0.717) is 10.7 Å². The summed E-state index contributed by atoms with van der Waals surface area (Å²) < 4.78 is 13.0. The maximum atomic E-state index is 13.0. The van der Waals surface area contributed by atoms with Crippen LogP contribution in [-0.2, 0) is 0 Å². The molecule has 19 heavy (non-hydrogen) atoms. The molecule has 4 N–H and O–H groups in total. The summed E-state index contributed by atoms with van der Waals surface area (Å²) in [6, 6.07) is 7.90. The minimum absolute atomic E-state index is 0.0235. The molecule has 0 radical (unpaired) electrons. The first-order valence-corrected chi connectivity index (χ1v) is 5.70. The predicted octanol–water partition coefficient (Wildman–Crippen LogP) is 3.02. The molecule has 0 atom stereocenters. The van der Waals surface area contributed by atoms with E-state index >= 15 is 0 Å². The zero-order valence-electron chi connectivity index (χ0n) is 9.65. The number of aromatic hydroxyl groups is 1. The van der Waals surface area contributed by atoms with Crippen molar-refractivity contribution in [1.82, 2.24) is 0 Å². The highest BCUT2D eigenvalue weighted by Crippen LogP contribution is 2.23. The van der Waals surface area contributed by atoms with Crippen molar-refractivity contribution in [2.45, 2.75) is 0 Å². The summed E-state index contributed by atoms with van der Waals surface area (Å²) in [7, 11) is 0. The number of hydrogen-bond donors (Lipinski definition) is 3. The molecule has 2 aromatic rings. The molecule has 0 spiro atoms. The van der Waals surface area contributed by atoms with Crippen LogP contribution < -0.4 is 11.1 Å². The van der Waals surface area contributed by atoms with Crippen LogP contribution in [0.25, 0.3) is 0 Å². The van der Waals surface area contributed by atoms with Crippen LogP contribution in [0.1, 0.15) is 10.4 Å². The first-order valence-electron chi connectivity index (χ1n) is 5.32. The van der Waals surface area contributed by atoms with Crippen LogP contribution in [0.5, 0.6) is 5.75 Å². The van der Waals surface area contributed by atoms with Crippen molar-refractivity contribution in [1.29, 1.82) is 0 Å². The number of benzene rings is 2. The number of carbonyl (C=O) groups excluding carboxylic acids is 1. The third-order valence-electron chi connectivity index (χ3n) is 2.46. The molecule has 1 amide bonds. The van der Waals surface area contributed by atoms with Crippen molar-refractivity contribution >= 4 is 28.9 Å². The Morgan fingerprint density at radius 1 is 1.26 bits per heavy atom. The molecule has 6 heteroatoms. The Balaban J connectivity index is 2.25. The lowest BCUT2D eigenvalue weighted by atomic mass is 10.2. The van der Waals surface area contributed by atoms with Crippen LogP contribution in [-0.4, -0.2) is 11.0 Å². The van der Waals surface area contributed by atoms with Gasteiger partial charge in [-0.05, 0) is 36.4 Å².